The number of benzene rings is 1. The van der Waals surface area contributed by atoms with Gasteiger partial charge in [-0.05, 0) is 65.8 Å². The molecular formula is C28H31F2N5O2. The molecule has 1 aliphatic rings. The number of aromatic nitrogens is 3. The number of aryl methyl sites for hydroxylation is 1. The number of amides is 1. The van der Waals surface area contributed by atoms with Crippen LogP contribution in [0.5, 0.6) is 0 Å². The summed E-state index contributed by atoms with van der Waals surface area (Å²) in [5, 5.41) is 0.647. The van der Waals surface area contributed by atoms with Crippen LogP contribution in [-0.2, 0) is 4.74 Å². The zero-order valence-electron chi connectivity index (χ0n) is 21.9. The van der Waals surface area contributed by atoms with Gasteiger partial charge >= 0.3 is 6.09 Å². The Hall–Kier alpha value is -3.75. The third-order valence-corrected chi connectivity index (χ3v) is 6.54. The molecule has 1 amide bonds. The van der Waals surface area contributed by atoms with E-state index in [1.54, 1.807) is 40.8 Å². The number of hydrogen-bond acceptors (Lipinski definition) is 5. The van der Waals surface area contributed by atoms with Crippen molar-refractivity contribution in [2.45, 2.75) is 59.2 Å². The fraction of sp³-hybridized carbons (Fsp3) is 0.393. The average molecular weight is 508 g/mol. The van der Waals surface area contributed by atoms with E-state index in [-0.39, 0.29) is 29.3 Å². The number of imidazole rings is 1. The van der Waals surface area contributed by atoms with Gasteiger partial charge in [-0.3, -0.25) is 4.90 Å². The molecule has 0 N–H and O–H groups in total. The van der Waals surface area contributed by atoms with Crippen molar-refractivity contribution in [2.75, 3.05) is 18.0 Å². The van der Waals surface area contributed by atoms with Crippen LogP contribution in [-0.4, -0.2) is 56.1 Å². The lowest BCUT2D eigenvalue weighted by molar-refractivity contribution is 0.00565. The van der Waals surface area contributed by atoms with Crippen LogP contribution in [0.1, 0.15) is 40.3 Å². The molecule has 4 aromatic rings. The zero-order chi connectivity index (χ0) is 26.6. The van der Waals surface area contributed by atoms with Crippen molar-refractivity contribution >= 4 is 28.3 Å². The molecule has 1 aromatic carbocycles. The average Bonchev–Trinajstić information content (AvgIpc) is 3.18. The van der Waals surface area contributed by atoms with E-state index in [0.29, 0.717) is 35.4 Å². The number of piperazine rings is 1. The highest BCUT2D eigenvalue weighted by atomic mass is 19.1. The fourth-order valence-electron chi connectivity index (χ4n) is 5.05. The van der Waals surface area contributed by atoms with E-state index in [9.17, 15) is 9.18 Å². The number of hydrogen-bond donors (Lipinski definition) is 0. The number of nitrogens with zero attached hydrogens (tertiary/aromatic N) is 5. The van der Waals surface area contributed by atoms with Gasteiger partial charge in [-0.1, -0.05) is 6.07 Å². The van der Waals surface area contributed by atoms with Gasteiger partial charge in [0.25, 0.3) is 0 Å². The van der Waals surface area contributed by atoms with Crippen molar-refractivity contribution < 1.29 is 18.3 Å². The predicted octanol–water partition coefficient (Wildman–Crippen LogP) is 5.97. The summed E-state index contributed by atoms with van der Waals surface area (Å²) in [4.78, 5) is 25.3. The summed E-state index contributed by atoms with van der Waals surface area (Å²) in [7, 11) is 0. The molecule has 0 spiro atoms. The first-order valence-electron chi connectivity index (χ1n) is 12.4. The molecule has 0 aliphatic carbocycles. The summed E-state index contributed by atoms with van der Waals surface area (Å²) in [5.74, 6) is -0.915. The first-order chi connectivity index (χ1) is 17.4. The minimum atomic E-state index is -0.573. The quantitative estimate of drug-likeness (QED) is 0.335. The van der Waals surface area contributed by atoms with E-state index in [1.807, 2.05) is 40.7 Å². The Kier molecular flexibility index (Phi) is 6.04. The van der Waals surface area contributed by atoms with Gasteiger partial charge in [0.05, 0.1) is 23.5 Å². The highest BCUT2D eigenvalue weighted by molar-refractivity contribution is 5.85. The molecule has 194 valence electrons. The van der Waals surface area contributed by atoms with E-state index < -0.39 is 17.2 Å². The maximum atomic E-state index is 15.4. The maximum absolute atomic E-state index is 15.4. The number of rotatable bonds is 2. The minimum absolute atomic E-state index is 0.116. The van der Waals surface area contributed by atoms with Crippen LogP contribution in [0.3, 0.4) is 0 Å². The van der Waals surface area contributed by atoms with Gasteiger partial charge in [0.2, 0.25) is 0 Å². The fourth-order valence-corrected chi connectivity index (χ4v) is 5.05. The van der Waals surface area contributed by atoms with E-state index in [2.05, 4.69) is 14.9 Å². The monoisotopic (exact) mass is 507 g/mol. The second-order valence-corrected chi connectivity index (χ2v) is 10.9. The maximum Gasteiger partial charge on any atom is 0.410 e. The lowest BCUT2D eigenvalue weighted by atomic mass is 10.1. The van der Waals surface area contributed by atoms with Gasteiger partial charge in [0, 0.05) is 42.1 Å². The van der Waals surface area contributed by atoms with Gasteiger partial charge in [-0.15, -0.1) is 0 Å². The third kappa shape index (κ3) is 4.82. The second kappa shape index (κ2) is 8.97. The first-order valence-corrected chi connectivity index (χ1v) is 12.4. The lowest BCUT2D eigenvalue weighted by Crippen LogP contribution is -2.59. The molecule has 7 nitrogen and oxygen atoms in total. The summed E-state index contributed by atoms with van der Waals surface area (Å²) < 4.78 is 37.2. The summed E-state index contributed by atoms with van der Waals surface area (Å²) in [6, 6.07) is 8.08. The van der Waals surface area contributed by atoms with Crippen molar-refractivity contribution in [1.29, 1.82) is 0 Å². The largest absolute Gasteiger partial charge is 0.444 e. The van der Waals surface area contributed by atoms with Crippen molar-refractivity contribution in [3.8, 4) is 11.3 Å². The van der Waals surface area contributed by atoms with Gasteiger partial charge in [-0.2, -0.15) is 0 Å². The van der Waals surface area contributed by atoms with Crippen molar-refractivity contribution in [1.82, 2.24) is 19.3 Å². The molecule has 5 rings (SSSR count). The molecule has 0 unspecified atom stereocenters. The highest BCUT2D eigenvalue weighted by Gasteiger charge is 2.35. The lowest BCUT2D eigenvalue weighted by Gasteiger charge is -2.45. The molecule has 4 heterocycles. The molecule has 3 aromatic heterocycles. The third-order valence-electron chi connectivity index (χ3n) is 6.54. The van der Waals surface area contributed by atoms with Crippen LogP contribution in [0, 0.1) is 18.6 Å². The molecule has 37 heavy (non-hydrogen) atoms. The van der Waals surface area contributed by atoms with E-state index in [0.717, 1.165) is 5.69 Å². The molecule has 2 atom stereocenters. The number of carbonyl (C=O) groups is 1. The Morgan fingerprint density at radius 3 is 2.38 bits per heavy atom. The standard InChI is InChI=1S/C28H31F2N5O2/c1-16-12-34-15-20(10-23(30)26(34)31-16)24-8-7-19-9-21(11-22(29)25(19)32-24)33-13-17(2)35(18(3)14-33)27(36)37-28(4,5)6/h7-12,15,17-18H,13-14H2,1-6H3/t17-,18-/m1/s1. The molecule has 0 radical (unpaired) electrons. The number of anilines is 1. The first kappa shape index (κ1) is 24.9. The van der Waals surface area contributed by atoms with Crippen molar-refractivity contribution in [3.05, 3.63) is 60.1 Å². The van der Waals surface area contributed by atoms with Gasteiger partial charge < -0.3 is 14.0 Å². The van der Waals surface area contributed by atoms with Crippen molar-refractivity contribution in [2.24, 2.45) is 0 Å². The number of carbonyl (C=O) groups excluding carboxylic acids is 1. The second-order valence-electron chi connectivity index (χ2n) is 10.9. The van der Waals surface area contributed by atoms with Crippen LogP contribution in [0.4, 0.5) is 19.3 Å². The van der Waals surface area contributed by atoms with E-state index in [1.165, 1.54) is 12.1 Å². The zero-order valence-corrected chi connectivity index (χ0v) is 21.9. The van der Waals surface area contributed by atoms with Crippen LogP contribution in [0.25, 0.3) is 27.8 Å². The van der Waals surface area contributed by atoms with Crippen LogP contribution < -0.4 is 4.90 Å². The Morgan fingerprint density at radius 2 is 1.70 bits per heavy atom. The molecule has 9 heteroatoms. The topological polar surface area (TPSA) is 63.0 Å². The molecule has 1 saturated heterocycles. The van der Waals surface area contributed by atoms with Gasteiger partial charge in [0.15, 0.2) is 17.3 Å². The molecule has 1 fully saturated rings. The SMILES string of the molecule is Cc1cn2cc(-c3ccc4cc(N5C[C@@H](C)N(C(=O)OC(C)(C)C)[C@H](C)C5)cc(F)c4n3)cc(F)c2n1. The Labute approximate surface area is 214 Å². The minimum Gasteiger partial charge on any atom is -0.444 e. The smallest absolute Gasteiger partial charge is 0.410 e. The highest BCUT2D eigenvalue weighted by Crippen LogP contribution is 2.30. The van der Waals surface area contributed by atoms with Crippen molar-refractivity contribution in [3.63, 3.8) is 0 Å². The van der Waals surface area contributed by atoms with E-state index >= 15 is 4.39 Å². The normalized spacial score (nSPS) is 18.6. The summed E-state index contributed by atoms with van der Waals surface area (Å²) in [6.45, 7) is 12.4. The summed E-state index contributed by atoms with van der Waals surface area (Å²) >= 11 is 0. The summed E-state index contributed by atoms with van der Waals surface area (Å²) in [6.07, 6.45) is 3.14. The number of fused-ring (bicyclic) bond motifs is 2. The number of pyridine rings is 2. The predicted molar refractivity (Wildman–Crippen MR) is 140 cm³/mol. The number of ether oxygens (including phenoxy) is 1. The molecule has 0 saturated carbocycles. The molecular weight excluding hydrogens is 476 g/mol. The van der Waals surface area contributed by atoms with Crippen LogP contribution in [0.2, 0.25) is 0 Å². The van der Waals surface area contributed by atoms with Gasteiger partial charge in [-0.25, -0.2) is 23.5 Å². The Bertz CT molecular complexity index is 1500. The van der Waals surface area contributed by atoms with E-state index in [4.69, 9.17) is 4.74 Å². The molecule has 1 aliphatic heterocycles. The summed E-state index contributed by atoms with van der Waals surface area (Å²) in [5.41, 5.74) is 2.33. The number of halogens is 2. The van der Waals surface area contributed by atoms with Crippen LogP contribution >= 0.6 is 0 Å². The van der Waals surface area contributed by atoms with Gasteiger partial charge in [0.1, 0.15) is 11.1 Å². The Balaban J connectivity index is 1.42. The van der Waals surface area contributed by atoms with Crippen LogP contribution in [0.15, 0.2) is 42.7 Å². The molecule has 0 bridgehead atoms. The Morgan fingerprint density at radius 1 is 1.00 bits per heavy atom.